The second-order valence-corrected chi connectivity index (χ2v) is 4.23. The summed E-state index contributed by atoms with van der Waals surface area (Å²) in [5, 5.41) is 1.61. The highest BCUT2D eigenvalue weighted by Crippen LogP contribution is 2.26. The molecular weight excluding hydrogens is 245 g/mol. The maximum absolute atomic E-state index is 13.3. The lowest BCUT2D eigenvalue weighted by Crippen LogP contribution is -1.88. The van der Waals surface area contributed by atoms with E-state index in [4.69, 9.17) is 0 Å². The summed E-state index contributed by atoms with van der Waals surface area (Å²) in [6.07, 6.45) is 6.46. The number of hydrogen-bond donors (Lipinski definition) is 2. The molecule has 6 heteroatoms. The molecule has 0 amide bonds. The van der Waals surface area contributed by atoms with E-state index in [0.29, 0.717) is 16.9 Å². The van der Waals surface area contributed by atoms with Gasteiger partial charge in [0.15, 0.2) is 5.82 Å². The molecule has 4 aromatic rings. The molecule has 0 fully saturated rings. The molecule has 4 aromatic heterocycles. The summed E-state index contributed by atoms with van der Waals surface area (Å²) in [5.74, 6) is 0.155. The van der Waals surface area contributed by atoms with Crippen molar-refractivity contribution >= 4 is 22.1 Å². The van der Waals surface area contributed by atoms with E-state index in [-0.39, 0.29) is 7.24 Å². The van der Waals surface area contributed by atoms with Crippen molar-refractivity contribution in [3.8, 4) is 11.4 Å². The molecule has 0 radical (unpaired) electrons. The van der Waals surface area contributed by atoms with Crippen LogP contribution in [-0.4, -0.2) is 24.9 Å². The fourth-order valence-corrected chi connectivity index (χ4v) is 2.13. The first-order valence-electron chi connectivity index (χ1n) is 5.74. The molecule has 0 aliphatic rings. The highest BCUT2D eigenvalue weighted by atomic mass is 19.1. The predicted molar refractivity (Wildman–Crippen MR) is 71.0 cm³/mol. The van der Waals surface area contributed by atoms with Crippen LogP contribution in [0.15, 0.2) is 36.9 Å². The Bertz CT molecular complexity index is 898. The molecule has 2 N–H and O–H groups in total. The third-order valence-electron chi connectivity index (χ3n) is 3.04. The highest BCUT2D eigenvalue weighted by molar-refractivity contribution is 5.92. The maximum atomic E-state index is 13.3. The van der Waals surface area contributed by atoms with E-state index in [1.807, 2.05) is 6.07 Å². The number of aromatic amines is 2. The minimum atomic E-state index is -0.380. The van der Waals surface area contributed by atoms with Gasteiger partial charge in [-0.3, -0.25) is 0 Å². The van der Waals surface area contributed by atoms with Gasteiger partial charge in [0.25, 0.3) is 0 Å². The van der Waals surface area contributed by atoms with Crippen LogP contribution in [0.2, 0.25) is 0 Å². The van der Waals surface area contributed by atoms with E-state index in [1.54, 1.807) is 18.6 Å². The van der Waals surface area contributed by atoms with E-state index in [0.717, 1.165) is 16.6 Å². The van der Waals surface area contributed by atoms with Crippen LogP contribution in [0.1, 0.15) is 1.43 Å². The number of fused-ring (bicyclic) bond motifs is 2. The Morgan fingerprint density at radius 3 is 3.00 bits per heavy atom. The third kappa shape index (κ3) is 1.50. The Labute approximate surface area is 108 Å². The van der Waals surface area contributed by atoms with Crippen LogP contribution in [0.25, 0.3) is 33.5 Å². The molecule has 0 unspecified atom stereocenters. The van der Waals surface area contributed by atoms with Gasteiger partial charge in [-0.1, -0.05) is 0 Å². The van der Waals surface area contributed by atoms with E-state index >= 15 is 0 Å². The zero-order chi connectivity index (χ0) is 12.8. The lowest BCUT2D eigenvalue weighted by molar-refractivity contribution is 0.624. The van der Waals surface area contributed by atoms with Crippen molar-refractivity contribution in [1.82, 2.24) is 24.9 Å². The normalized spacial score (nSPS) is 11.4. The zero-order valence-corrected chi connectivity index (χ0v) is 9.68. The van der Waals surface area contributed by atoms with Gasteiger partial charge in [-0.05, 0) is 12.1 Å². The molecule has 0 saturated heterocycles. The van der Waals surface area contributed by atoms with Crippen LogP contribution < -0.4 is 0 Å². The molecule has 4 heterocycles. The fraction of sp³-hybridized carbons (Fsp3) is 0. The fourth-order valence-electron chi connectivity index (χ4n) is 2.13. The third-order valence-corrected chi connectivity index (χ3v) is 3.04. The minimum absolute atomic E-state index is 0. The van der Waals surface area contributed by atoms with E-state index in [2.05, 4.69) is 24.9 Å². The number of nitrogens with zero attached hydrogens (tertiary/aromatic N) is 3. The van der Waals surface area contributed by atoms with Crippen molar-refractivity contribution in [3.63, 3.8) is 0 Å². The van der Waals surface area contributed by atoms with Crippen molar-refractivity contribution in [3.05, 3.63) is 42.7 Å². The molecule has 19 heavy (non-hydrogen) atoms. The van der Waals surface area contributed by atoms with Gasteiger partial charge in [-0.25, -0.2) is 19.3 Å². The number of pyridine rings is 1. The lowest BCUT2D eigenvalue weighted by Gasteiger charge is -1.98. The molecule has 94 valence electrons. The Morgan fingerprint density at radius 2 is 2.05 bits per heavy atom. The molecule has 5 nitrogen and oxygen atoms in total. The standard InChI is InChI=1S/C13H8FN5.H2/c14-8-3-9-10(6-18-12(9)17-5-8)13-16-4-7-1-2-15-11(7)19-13;/h1-6H,(H,17,18)(H,15,16,19);1H. The predicted octanol–water partition coefficient (Wildman–Crippen LogP) is 2.89. The van der Waals surface area contributed by atoms with E-state index in [9.17, 15) is 4.39 Å². The summed E-state index contributed by atoms with van der Waals surface area (Å²) in [6.45, 7) is 0. The van der Waals surface area contributed by atoms with Gasteiger partial charge in [-0.2, -0.15) is 0 Å². The molecule has 0 atom stereocenters. The molecule has 0 bridgehead atoms. The van der Waals surface area contributed by atoms with E-state index < -0.39 is 0 Å². The molecule has 0 aliphatic heterocycles. The van der Waals surface area contributed by atoms with Crippen LogP contribution >= 0.6 is 0 Å². The average molecular weight is 255 g/mol. The minimum Gasteiger partial charge on any atom is -0.346 e. The Morgan fingerprint density at radius 1 is 1.11 bits per heavy atom. The summed E-state index contributed by atoms with van der Waals surface area (Å²) in [4.78, 5) is 18.7. The van der Waals surface area contributed by atoms with Gasteiger partial charge in [0.1, 0.15) is 17.1 Å². The topological polar surface area (TPSA) is 70.2 Å². The van der Waals surface area contributed by atoms with E-state index in [1.165, 1.54) is 12.3 Å². The Balaban J connectivity index is 0.00000121. The van der Waals surface area contributed by atoms with Gasteiger partial charge in [0.2, 0.25) is 0 Å². The maximum Gasteiger partial charge on any atom is 0.163 e. The lowest BCUT2D eigenvalue weighted by atomic mass is 10.2. The van der Waals surface area contributed by atoms with Gasteiger partial charge < -0.3 is 9.97 Å². The van der Waals surface area contributed by atoms with Crippen molar-refractivity contribution in [2.75, 3.05) is 0 Å². The summed E-state index contributed by atoms with van der Waals surface area (Å²) in [5.41, 5.74) is 2.11. The van der Waals surface area contributed by atoms with Gasteiger partial charge in [0, 0.05) is 36.4 Å². The van der Waals surface area contributed by atoms with Gasteiger partial charge >= 0.3 is 0 Å². The van der Waals surface area contributed by atoms with Crippen LogP contribution in [-0.2, 0) is 0 Å². The largest absolute Gasteiger partial charge is 0.346 e. The number of halogens is 1. The summed E-state index contributed by atoms with van der Waals surface area (Å²) >= 11 is 0. The molecule has 4 rings (SSSR count). The molecule has 0 spiro atoms. The molecule has 0 aliphatic carbocycles. The SMILES string of the molecule is Fc1cnc2[nH]cc(-c3ncc4cc[nH]c4n3)c2c1.[HH]. The number of rotatable bonds is 1. The molecule has 0 saturated carbocycles. The second kappa shape index (κ2) is 3.61. The number of aromatic nitrogens is 5. The zero-order valence-electron chi connectivity index (χ0n) is 9.68. The number of nitrogens with one attached hydrogen (secondary N) is 2. The van der Waals surface area contributed by atoms with Crippen molar-refractivity contribution in [1.29, 1.82) is 0 Å². The first-order valence-corrected chi connectivity index (χ1v) is 5.74. The van der Waals surface area contributed by atoms with Gasteiger partial charge in [0.05, 0.1) is 6.20 Å². The van der Waals surface area contributed by atoms with Crippen LogP contribution in [0, 0.1) is 5.82 Å². The molecular formula is C13H10FN5. The number of hydrogen-bond acceptors (Lipinski definition) is 3. The average Bonchev–Trinajstić information content (AvgIpc) is 3.03. The van der Waals surface area contributed by atoms with Crippen molar-refractivity contribution in [2.24, 2.45) is 0 Å². The summed E-state index contributed by atoms with van der Waals surface area (Å²) < 4.78 is 13.3. The summed E-state index contributed by atoms with van der Waals surface area (Å²) in [7, 11) is 0. The monoisotopic (exact) mass is 255 g/mol. The smallest absolute Gasteiger partial charge is 0.163 e. The first kappa shape index (κ1) is 10.2. The summed E-state index contributed by atoms with van der Waals surface area (Å²) in [6, 6.07) is 3.33. The van der Waals surface area contributed by atoms with Crippen LogP contribution in [0.3, 0.4) is 0 Å². The van der Waals surface area contributed by atoms with Crippen molar-refractivity contribution < 1.29 is 5.82 Å². The Kier molecular flexibility index (Phi) is 1.94. The Hall–Kier alpha value is -2.76. The second-order valence-electron chi connectivity index (χ2n) is 4.23. The number of H-pyrrole nitrogens is 2. The van der Waals surface area contributed by atoms with Crippen LogP contribution in [0.4, 0.5) is 4.39 Å². The van der Waals surface area contributed by atoms with Crippen LogP contribution in [0.5, 0.6) is 0 Å². The molecule has 0 aromatic carbocycles. The quantitative estimate of drug-likeness (QED) is 0.549. The van der Waals surface area contributed by atoms with Crippen molar-refractivity contribution in [2.45, 2.75) is 0 Å². The first-order chi connectivity index (χ1) is 9.31. The highest BCUT2D eigenvalue weighted by Gasteiger charge is 2.11. The van der Waals surface area contributed by atoms with Gasteiger partial charge in [-0.15, -0.1) is 0 Å².